The lowest BCUT2D eigenvalue weighted by molar-refractivity contribution is -0.131. The summed E-state index contributed by atoms with van der Waals surface area (Å²) in [4.78, 5) is 23.7. The molecule has 0 aromatic heterocycles. The summed E-state index contributed by atoms with van der Waals surface area (Å²) in [6.45, 7) is 5.43. The van der Waals surface area contributed by atoms with Crippen LogP contribution in [0.3, 0.4) is 0 Å². The molecule has 0 heterocycles. The van der Waals surface area contributed by atoms with E-state index < -0.39 is 6.04 Å². The minimum absolute atomic E-state index is 0.0546. The topological polar surface area (TPSA) is 75.6 Å². The fraction of sp³-hybridized carbons (Fsp3) is 0.556. The summed E-state index contributed by atoms with van der Waals surface area (Å²) < 4.78 is 5.61. The molecule has 0 saturated heterocycles. The monoisotopic (exact) mass is 321 g/mol. The highest BCUT2D eigenvalue weighted by Gasteiger charge is 2.26. The molecule has 0 spiro atoms. The molecule has 0 bridgehead atoms. The van der Waals surface area contributed by atoms with Crippen molar-refractivity contribution < 1.29 is 19.4 Å². The van der Waals surface area contributed by atoms with Crippen LogP contribution in [-0.4, -0.2) is 36.1 Å². The first-order valence-corrected chi connectivity index (χ1v) is 8.09. The van der Waals surface area contributed by atoms with E-state index in [2.05, 4.69) is 5.32 Å². The molecule has 0 saturated carbocycles. The van der Waals surface area contributed by atoms with Gasteiger partial charge in [-0.2, -0.15) is 0 Å². The standard InChI is InChI=1S/C18H27NO4/c1-4-17(14(3)21)19-18(22)13(2)15(12-20)10-11-23-16-8-6-5-7-9-16/h5-9,13,15,17,20H,4,10-12H2,1-3H3,(H,19,22). The normalized spacial score (nSPS) is 14.6. The third-order valence-electron chi connectivity index (χ3n) is 4.07. The maximum Gasteiger partial charge on any atom is 0.223 e. The zero-order chi connectivity index (χ0) is 17.2. The molecule has 1 amide bonds. The van der Waals surface area contributed by atoms with E-state index in [1.165, 1.54) is 6.92 Å². The minimum Gasteiger partial charge on any atom is -0.494 e. The van der Waals surface area contributed by atoms with Crippen LogP contribution >= 0.6 is 0 Å². The molecule has 0 aliphatic carbocycles. The van der Waals surface area contributed by atoms with E-state index in [0.717, 1.165) is 5.75 Å². The highest BCUT2D eigenvalue weighted by Crippen LogP contribution is 2.17. The predicted octanol–water partition coefficient (Wildman–Crippen LogP) is 2.18. The van der Waals surface area contributed by atoms with Crippen LogP contribution in [0.15, 0.2) is 30.3 Å². The molecule has 1 rings (SSSR count). The van der Waals surface area contributed by atoms with Gasteiger partial charge in [0.15, 0.2) is 5.78 Å². The number of nitrogens with one attached hydrogen (secondary N) is 1. The number of amides is 1. The summed E-state index contributed by atoms with van der Waals surface area (Å²) in [6, 6.07) is 8.97. The van der Waals surface area contributed by atoms with Crippen molar-refractivity contribution >= 4 is 11.7 Å². The van der Waals surface area contributed by atoms with Gasteiger partial charge in [0.05, 0.1) is 12.6 Å². The van der Waals surface area contributed by atoms with Crippen LogP contribution in [0.2, 0.25) is 0 Å². The fourth-order valence-electron chi connectivity index (χ4n) is 2.35. The zero-order valence-electron chi connectivity index (χ0n) is 14.1. The Morgan fingerprint density at radius 1 is 1.26 bits per heavy atom. The van der Waals surface area contributed by atoms with Crippen molar-refractivity contribution in [2.24, 2.45) is 11.8 Å². The Morgan fingerprint density at radius 3 is 2.43 bits per heavy atom. The largest absolute Gasteiger partial charge is 0.494 e. The Kier molecular flexibility index (Phi) is 8.33. The zero-order valence-corrected chi connectivity index (χ0v) is 14.1. The van der Waals surface area contributed by atoms with Crippen molar-refractivity contribution in [2.75, 3.05) is 13.2 Å². The maximum atomic E-state index is 12.2. The lowest BCUT2D eigenvalue weighted by atomic mass is 9.90. The number of benzene rings is 1. The summed E-state index contributed by atoms with van der Waals surface area (Å²) in [5, 5.41) is 12.3. The number of ketones is 1. The minimum atomic E-state index is -0.454. The lowest BCUT2D eigenvalue weighted by Gasteiger charge is -2.23. The predicted molar refractivity (Wildman–Crippen MR) is 89.2 cm³/mol. The van der Waals surface area contributed by atoms with E-state index in [0.29, 0.717) is 19.4 Å². The lowest BCUT2D eigenvalue weighted by Crippen LogP contribution is -2.44. The summed E-state index contributed by atoms with van der Waals surface area (Å²) >= 11 is 0. The van der Waals surface area contributed by atoms with Crippen molar-refractivity contribution in [3.63, 3.8) is 0 Å². The van der Waals surface area contributed by atoms with Crippen molar-refractivity contribution in [1.29, 1.82) is 0 Å². The SMILES string of the molecule is CCC(NC(=O)C(C)C(CO)CCOc1ccccc1)C(C)=O. The van der Waals surface area contributed by atoms with Crippen LogP contribution in [0.1, 0.15) is 33.6 Å². The highest BCUT2D eigenvalue weighted by molar-refractivity contribution is 5.88. The molecule has 2 N–H and O–H groups in total. The van der Waals surface area contributed by atoms with Gasteiger partial charge in [0.1, 0.15) is 5.75 Å². The summed E-state index contributed by atoms with van der Waals surface area (Å²) in [6.07, 6.45) is 1.13. The van der Waals surface area contributed by atoms with Crippen LogP contribution in [0.25, 0.3) is 0 Å². The molecular formula is C18H27NO4. The van der Waals surface area contributed by atoms with Crippen LogP contribution in [0.5, 0.6) is 5.75 Å². The van der Waals surface area contributed by atoms with E-state index in [1.807, 2.05) is 37.3 Å². The van der Waals surface area contributed by atoms with E-state index >= 15 is 0 Å². The molecule has 0 fully saturated rings. The molecule has 0 aliphatic rings. The van der Waals surface area contributed by atoms with Crippen LogP contribution in [0.4, 0.5) is 0 Å². The Hall–Kier alpha value is -1.88. The summed E-state index contributed by atoms with van der Waals surface area (Å²) in [5.41, 5.74) is 0. The molecule has 0 radical (unpaired) electrons. The van der Waals surface area contributed by atoms with Crippen molar-refractivity contribution in [1.82, 2.24) is 5.32 Å². The van der Waals surface area contributed by atoms with E-state index in [4.69, 9.17) is 4.74 Å². The quantitative estimate of drug-likeness (QED) is 0.692. The average Bonchev–Trinajstić information content (AvgIpc) is 2.56. The van der Waals surface area contributed by atoms with Crippen LogP contribution < -0.4 is 10.1 Å². The Morgan fingerprint density at radius 2 is 1.91 bits per heavy atom. The number of Topliss-reactive ketones (excluding diaryl/α,β-unsaturated/α-hetero) is 1. The summed E-state index contributed by atoms with van der Waals surface area (Å²) in [5.74, 6) is -0.0771. The molecule has 1 aromatic rings. The van der Waals surface area contributed by atoms with Gasteiger partial charge in [0.2, 0.25) is 5.91 Å². The first-order valence-electron chi connectivity index (χ1n) is 8.09. The second kappa shape index (κ2) is 10.0. The van der Waals surface area contributed by atoms with Crippen molar-refractivity contribution in [2.45, 2.75) is 39.7 Å². The number of aliphatic hydroxyl groups excluding tert-OH is 1. The van der Waals surface area contributed by atoms with Gasteiger partial charge in [0, 0.05) is 12.5 Å². The van der Waals surface area contributed by atoms with Gasteiger partial charge in [0.25, 0.3) is 0 Å². The van der Waals surface area contributed by atoms with Gasteiger partial charge in [-0.3, -0.25) is 9.59 Å². The molecule has 128 valence electrons. The number of aliphatic hydroxyl groups is 1. The molecule has 5 nitrogen and oxygen atoms in total. The Balaban J connectivity index is 2.48. The molecule has 3 unspecified atom stereocenters. The second-order valence-corrected chi connectivity index (χ2v) is 5.76. The number of hydrogen-bond acceptors (Lipinski definition) is 4. The number of carbonyl (C=O) groups is 2. The fourth-order valence-corrected chi connectivity index (χ4v) is 2.35. The third-order valence-corrected chi connectivity index (χ3v) is 4.07. The number of rotatable bonds is 10. The van der Waals surface area contributed by atoms with Crippen LogP contribution in [-0.2, 0) is 9.59 Å². The number of hydrogen-bond donors (Lipinski definition) is 2. The molecule has 5 heteroatoms. The first kappa shape index (κ1) is 19.2. The molecule has 0 aliphatic heterocycles. The Labute approximate surface area is 138 Å². The molecule has 3 atom stereocenters. The van der Waals surface area contributed by atoms with Gasteiger partial charge < -0.3 is 15.2 Å². The molecular weight excluding hydrogens is 294 g/mol. The smallest absolute Gasteiger partial charge is 0.223 e. The van der Waals surface area contributed by atoms with Gasteiger partial charge in [-0.15, -0.1) is 0 Å². The van der Waals surface area contributed by atoms with E-state index in [-0.39, 0.29) is 30.1 Å². The van der Waals surface area contributed by atoms with Crippen LogP contribution in [0, 0.1) is 11.8 Å². The van der Waals surface area contributed by atoms with Crippen molar-refractivity contribution in [3.8, 4) is 5.75 Å². The summed E-state index contributed by atoms with van der Waals surface area (Å²) in [7, 11) is 0. The van der Waals surface area contributed by atoms with Gasteiger partial charge in [-0.25, -0.2) is 0 Å². The molecule has 23 heavy (non-hydrogen) atoms. The number of ether oxygens (including phenoxy) is 1. The second-order valence-electron chi connectivity index (χ2n) is 5.76. The first-order chi connectivity index (χ1) is 11.0. The van der Waals surface area contributed by atoms with Crippen molar-refractivity contribution in [3.05, 3.63) is 30.3 Å². The van der Waals surface area contributed by atoms with Gasteiger partial charge in [-0.1, -0.05) is 32.0 Å². The molecule has 1 aromatic carbocycles. The number of carbonyl (C=O) groups excluding carboxylic acids is 2. The average molecular weight is 321 g/mol. The highest BCUT2D eigenvalue weighted by atomic mass is 16.5. The van der Waals surface area contributed by atoms with Gasteiger partial charge >= 0.3 is 0 Å². The third kappa shape index (κ3) is 6.40. The number of para-hydroxylation sites is 1. The Bertz CT molecular complexity index is 489. The maximum absolute atomic E-state index is 12.2. The van der Waals surface area contributed by atoms with E-state index in [1.54, 1.807) is 6.92 Å². The van der Waals surface area contributed by atoms with E-state index in [9.17, 15) is 14.7 Å². The van der Waals surface area contributed by atoms with Gasteiger partial charge in [-0.05, 0) is 37.8 Å².